The van der Waals surface area contributed by atoms with Crippen LogP contribution in [0.4, 0.5) is 0 Å². The van der Waals surface area contributed by atoms with E-state index in [1.54, 1.807) is 0 Å². The third kappa shape index (κ3) is 4.15. The molecule has 1 N–H and O–H groups in total. The minimum Gasteiger partial charge on any atom is -0.384 e. The summed E-state index contributed by atoms with van der Waals surface area (Å²) in [5.74, 6) is 0. The van der Waals surface area contributed by atoms with E-state index in [-0.39, 0.29) is 0 Å². The highest BCUT2D eigenvalue weighted by Gasteiger charge is 2.35. The molecule has 0 aromatic heterocycles. The molecule has 0 aromatic rings. The van der Waals surface area contributed by atoms with E-state index in [0.29, 0.717) is 5.41 Å². The highest BCUT2D eigenvalue weighted by atomic mass is 16.5. The average molecular weight is 269 g/mol. The zero-order chi connectivity index (χ0) is 13.7. The standard InChI is InChI=1S/C15H31N3O/c1-17-10-4-14(5-11-17)18(2)12-15(13-19-3)6-8-16-9-7-15/h14,16H,4-13H2,1-3H3. The number of hydrogen-bond acceptors (Lipinski definition) is 4. The lowest BCUT2D eigenvalue weighted by atomic mass is 9.78. The molecule has 0 saturated carbocycles. The largest absolute Gasteiger partial charge is 0.384 e. The van der Waals surface area contributed by atoms with E-state index in [1.165, 1.54) is 45.3 Å². The van der Waals surface area contributed by atoms with Crippen LogP contribution in [0.15, 0.2) is 0 Å². The minimum atomic E-state index is 0.373. The molecule has 19 heavy (non-hydrogen) atoms. The zero-order valence-electron chi connectivity index (χ0n) is 13.0. The lowest BCUT2D eigenvalue weighted by Crippen LogP contribution is -2.50. The van der Waals surface area contributed by atoms with E-state index in [4.69, 9.17) is 4.74 Å². The van der Waals surface area contributed by atoms with Crippen LogP contribution in [0.2, 0.25) is 0 Å². The molecule has 0 aliphatic carbocycles. The van der Waals surface area contributed by atoms with Gasteiger partial charge in [-0.25, -0.2) is 0 Å². The Bertz CT molecular complexity index is 253. The lowest BCUT2D eigenvalue weighted by molar-refractivity contribution is 0.0108. The van der Waals surface area contributed by atoms with Gasteiger partial charge in [0.05, 0.1) is 6.61 Å². The maximum atomic E-state index is 5.53. The molecule has 4 heteroatoms. The third-order valence-electron chi connectivity index (χ3n) is 5.01. The van der Waals surface area contributed by atoms with Gasteiger partial charge in [-0.3, -0.25) is 0 Å². The van der Waals surface area contributed by atoms with Crippen molar-refractivity contribution in [1.29, 1.82) is 0 Å². The average Bonchev–Trinajstić information content (AvgIpc) is 2.40. The Morgan fingerprint density at radius 1 is 1.26 bits per heavy atom. The predicted molar refractivity (Wildman–Crippen MR) is 79.6 cm³/mol. The van der Waals surface area contributed by atoms with Crippen molar-refractivity contribution in [3.05, 3.63) is 0 Å². The summed E-state index contributed by atoms with van der Waals surface area (Å²) < 4.78 is 5.53. The van der Waals surface area contributed by atoms with Crippen LogP contribution in [0.3, 0.4) is 0 Å². The van der Waals surface area contributed by atoms with Gasteiger partial charge in [0.1, 0.15) is 0 Å². The second-order valence-electron chi connectivity index (χ2n) is 6.63. The summed E-state index contributed by atoms with van der Waals surface area (Å²) in [6.07, 6.45) is 5.12. The number of nitrogens with zero attached hydrogens (tertiary/aromatic N) is 2. The van der Waals surface area contributed by atoms with Gasteiger partial charge < -0.3 is 19.9 Å². The van der Waals surface area contributed by atoms with E-state index in [2.05, 4.69) is 29.2 Å². The molecule has 0 aromatic carbocycles. The molecule has 0 spiro atoms. The summed E-state index contributed by atoms with van der Waals surface area (Å²) in [6, 6.07) is 0.764. The molecule has 2 fully saturated rings. The van der Waals surface area contributed by atoms with E-state index >= 15 is 0 Å². The third-order valence-corrected chi connectivity index (χ3v) is 5.01. The molecule has 2 heterocycles. The van der Waals surface area contributed by atoms with Crippen LogP contribution in [-0.4, -0.2) is 76.4 Å². The van der Waals surface area contributed by atoms with Crippen LogP contribution in [0.25, 0.3) is 0 Å². The van der Waals surface area contributed by atoms with Crippen molar-refractivity contribution in [2.75, 3.05) is 60.5 Å². The second kappa shape index (κ2) is 7.02. The number of likely N-dealkylation sites (tertiary alicyclic amines) is 1. The van der Waals surface area contributed by atoms with Crippen LogP contribution in [0, 0.1) is 5.41 Å². The number of ether oxygens (including phenoxy) is 1. The fraction of sp³-hybridized carbons (Fsp3) is 1.00. The van der Waals surface area contributed by atoms with Crippen LogP contribution in [-0.2, 0) is 4.74 Å². The van der Waals surface area contributed by atoms with Crippen molar-refractivity contribution in [3.63, 3.8) is 0 Å². The predicted octanol–water partition coefficient (Wildman–Crippen LogP) is 1.03. The topological polar surface area (TPSA) is 27.7 Å². The first-order chi connectivity index (χ1) is 9.15. The van der Waals surface area contributed by atoms with Crippen LogP contribution in [0.5, 0.6) is 0 Å². The van der Waals surface area contributed by atoms with E-state index in [0.717, 1.165) is 25.7 Å². The molecule has 0 unspecified atom stereocenters. The van der Waals surface area contributed by atoms with Gasteiger partial charge in [0.25, 0.3) is 0 Å². The van der Waals surface area contributed by atoms with Gasteiger partial charge in [-0.2, -0.15) is 0 Å². The van der Waals surface area contributed by atoms with Crippen LogP contribution >= 0.6 is 0 Å². The minimum absolute atomic E-state index is 0.373. The van der Waals surface area contributed by atoms with Gasteiger partial charge >= 0.3 is 0 Å². The Morgan fingerprint density at radius 2 is 1.89 bits per heavy atom. The Balaban J connectivity index is 1.89. The molecular weight excluding hydrogens is 238 g/mol. The normalized spacial score (nSPS) is 25.9. The Labute approximate surface area is 118 Å². The van der Waals surface area contributed by atoms with E-state index in [9.17, 15) is 0 Å². The van der Waals surface area contributed by atoms with Gasteiger partial charge in [-0.05, 0) is 66.0 Å². The first kappa shape index (κ1) is 15.2. The van der Waals surface area contributed by atoms with Crippen molar-refractivity contribution in [2.45, 2.75) is 31.7 Å². The van der Waals surface area contributed by atoms with Crippen LogP contribution in [0.1, 0.15) is 25.7 Å². The molecule has 4 nitrogen and oxygen atoms in total. The first-order valence-corrected chi connectivity index (χ1v) is 7.74. The van der Waals surface area contributed by atoms with E-state index in [1.807, 2.05) is 7.11 Å². The first-order valence-electron chi connectivity index (χ1n) is 7.74. The summed E-state index contributed by atoms with van der Waals surface area (Å²) in [5.41, 5.74) is 0.373. The number of rotatable bonds is 5. The monoisotopic (exact) mass is 269 g/mol. The number of methoxy groups -OCH3 is 1. The number of nitrogens with one attached hydrogen (secondary N) is 1. The van der Waals surface area contributed by atoms with Gasteiger partial charge in [-0.15, -0.1) is 0 Å². The molecule has 0 radical (unpaired) electrons. The van der Waals surface area contributed by atoms with Crippen molar-refractivity contribution >= 4 is 0 Å². The Hall–Kier alpha value is -0.160. The fourth-order valence-corrected chi connectivity index (χ4v) is 3.71. The maximum Gasteiger partial charge on any atom is 0.0531 e. The van der Waals surface area contributed by atoms with Gasteiger partial charge in [0.15, 0.2) is 0 Å². The highest BCUT2D eigenvalue weighted by Crippen LogP contribution is 2.31. The SMILES string of the molecule is COCC1(CN(C)C2CCN(C)CC2)CCNCC1. The molecular formula is C15H31N3O. The van der Waals surface area contributed by atoms with Crippen molar-refractivity contribution in [2.24, 2.45) is 5.41 Å². The summed E-state index contributed by atoms with van der Waals surface area (Å²) in [7, 11) is 6.39. The molecule has 2 aliphatic heterocycles. The smallest absolute Gasteiger partial charge is 0.0531 e. The highest BCUT2D eigenvalue weighted by molar-refractivity contribution is 4.89. The zero-order valence-corrected chi connectivity index (χ0v) is 13.0. The van der Waals surface area contributed by atoms with E-state index < -0.39 is 0 Å². The molecule has 2 saturated heterocycles. The fourth-order valence-electron chi connectivity index (χ4n) is 3.71. The maximum absolute atomic E-state index is 5.53. The lowest BCUT2D eigenvalue weighted by Gasteiger charge is -2.43. The molecule has 0 atom stereocenters. The molecule has 2 aliphatic rings. The second-order valence-corrected chi connectivity index (χ2v) is 6.63. The molecule has 2 rings (SSSR count). The summed E-state index contributed by atoms with van der Waals surface area (Å²) in [5, 5.41) is 3.48. The quantitative estimate of drug-likeness (QED) is 0.807. The summed E-state index contributed by atoms with van der Waals surface area (Å²) >= 11 is 0. The molecule has 0 amide bonds. The van der Waals surface area contributed by atoms with Gasteiger partial charge in [0, 0.05) is 25.1 Å². The summed E-state index contributed by atoms with van der Waals surface area (Å²) in [6.45, 7) is 6.87. The van der Waals surface area contributed by atoms with Crippen molar-refractivity contribution < 1.29 is 4.74 Å². The Kier molecular flexibility index (Phi) is 5.63. The molecule has 112 valence electrons. The van der Waals surface area contributed by atoms with Crippen molar-refractivity contribution in [1.82, 2.24) is 15.1 Å². The van der Waals surface area contributed by atoms with Crippen LogP contribution < -0.4 is 5.32 Å². The summed E-state index contributed by atoms with van der Waals surface area (Å²) in [4.78, 5) is 5.05. The Morgan fingerprint density at radius 3 is 2.47 bits per heavy atom. The molecule has 0 bridgehead atoms. The van der Waals surface area contributed by atoms with Crippen molar-refractivity contribution in [3.8, 4) is 0 Å². The number of hydrogen-bond donors (Lipinski definition) is 1. The van der Waals surface area contributed by atoms with Gasteiger partial charge in [-0.1, -0.05) is 0 Å². The number of piperidine rings is 2. The van der Waals surface area contributed by atoms with Gasteiger partial charge in [0.2, 0.25) is 0 Å².